The highest BCUT2D eigenvalue weighted by molar-refractivity contribution is 5.81. The predicted octanol–water partition coefficient (Wildman–Crippen LogP) is 2.90. The molecule has 0 aromatic carbocycles. The van der Waals surface area contributed by atoms with Crippen LogP contribution in [-0.2, 0) is 4.79 Å². The van der Waals surface area contributed by atoms with Crippen molar-refractivity contribution in [1.29, 1.82) is 0 Å². The maximum Gasteiger partial charge on any atom is 0.146 e. The van der Waals surface area contributed by atoms with Crippen molar-refractivity contribution < 1.29 is 4.79 Å². The molecule has 1 fully saturated rings. The molecule has 0 aliphatic heterocycles. The van der Waals surface area contributed by atoms with Crippen LogP contribution < -0.4 is 5.73 Å². The molecule has 0 aromatic heterocycles. The largest absolute Gasteiger partial charge is 0.321 e. The molecular formula is C13H25NO. The first-order chi connectivity index (χ1) is 7.11. The van der Waals surface area contributed by atoms with Crippen molar-refractivity contribution >= 4 is 5.78 Å². The molecule has 0 amide bonds. The van der Waals surface area contributed by atoms with E-state index in [9.17, 15) is 4.79 Å². The molecule has 0 spiro atoms. The predicted molar refractivity (Wildman–Crippen MR) is 63.6 cm³/mol. The summed E-state index contributed by atoms with van der Waals surface area (Å²) in [6.07, 6.45) is 9.38. The van der Waals surface area contributed by atoms with E-state index < -0.39 is 0 Å². The Labute approximate surface area is 93.6 Å². The van der Waals surface area contributed by atoms with Crippen LogP contribution in [0.4, 0.5) is 0 Å². The molecule has 2 N–H and O–H groups in total. The average Bonchev–Trinajstić information content (AvgIpc) is 2.13. The van der Waals surface area contributed by atoms with Crippen LogP contribution in [0, 0.1) is 11.8 Å². The van der Waals surface area contributed by atoms with E-state index in [-0.39, 0.29) is 11.8 Å². The van der Waals surface area contributed by atoms with Crippen molar-refractivity contribution in [1.82, 2.24) is 0 Å². The highest BCUT2D eigenvalue weighted by atomic mass is 16.1. The number of carbonyl (C=O) groups is 1. The van der Waals surface area contributed by atoms with E-state index in [2.05, 4.69) is 6.92 Å². The molecule has 0 heterocycles. The number of rotatable bonds is 7. The summed E-state index contributed by atoms with van der Waals surface area (Å²) in [6, 6.07) is -0.242. The topological polar surface area (TPSA) is 43.1 Å². The Kier molecular flexibility index (Phi) is 5.30. The Balaban J connectivity index is 2.00. The third-order valence-electron chi connectivity index (χ3n) is 3.83. The Morgan fingerprint density at radius 1 is 1.40 bits per heavy atom. The fraction of sp³-hybridized carbons (Fsp3) is 0.923. The van der Waals surface area contributed by atoms with Crippen LogP contribution in [-0.4, -0.2) is 11.8 Å². The minimum absolute atomic E-state index is 0.126. The third kappa shape index (κ3) is 4.33. The first kappa shape index (κ1) is 12.7. The molecule has 1 rings (SSSR count). The zero-order chi connectivity index (χ0) is 11.3. The summed E-state index contributed by atoms with van der Waals surface area (Å²) < 4.78 is 0. The fourth-order valence-electron chi connectivity index (χ4n) is 2.26. The number of hydrogen-bond donors (Lipinski definition) is 1. The van der Waals surface area contributed by atoms with Crippen molar-refractivity contribution in [2.24, 2.45) is 17.6 Å². The van der Waals surface area contributed by atoms with E-state index in [4.69, 9.17) is 5.73 Å². The summed E-state index contributed by atoms with van der Waals surface area (Å²) >= 11 is 0. The van der Waals surface area contributed by atoms with Crippen LogP contribution in [0.2, 0.25) is 0 Å². The summed E-state index contributed by atoms with van der Waals surface area (Å²) in [6.45, 7) is 3.69. The van der Waals surface area contributed by atoms with E-state index in [0.717, 1.165) is 12.3 Å². The van der Waals surface area contributed by atoms with Gasteiger partial charge in [0.2, 0.25) is 0 Å². The third-order valence-corrected chi connectivity index (χ3v) is 3.83. The van der Waals surface area contributed by atoms with Gasteiger partial charge in [0.05, 0.1) is 6.04 Å². The van der Waals surface area contributed by atoms with Crippen LogP contribution in [0.3, 0.4) is 0 Å². The SMILES string of the molecule is CC(=O)[C@H](N)[C@@H](C)CCCCC1CCC1. The molecule has 0 saturated heterocycles. The van der Waals surface area contributed by atoms with Gasteiger partial charge in [-0.15, -0.1) is 0 Å². The molecule has 88 valence electrons. The van der Waals surface area contributed by atoms with E-state index in [1.807, 2.05) is 0 Å². The minimum atomic E-state index is -0.242. The van der Waals surface area contributed by atoms with Gasteiger partial charge in [-0.3, -0.25) is 4.79 Å². The molecule has 2 atom stereocenters. The maximum absolute atomic E-state index is 11.1. The molecule has 0 unspecified atom stereocenters. The van der Waals surface area contributed by atoms with E-state index in [0.29, 0.717) is 5.92 Å². The van der Waals surface area contributed by atoms with Gasteiger partial charge >= 0.3 is 0 Å². The van der Waals surface area contributed by atoms with Gasteiger partial charge in [-0.25, -0.2) is 0 Å². The summed E-state index contributed by atoms with van der Waals surface area (Å²) in [7, 11) is 0. The molecule has 1 aliphatic rings. The number of unbranched alkanes of at least 4 members (excludes halogenated alkanes) is 1. The van der Waals surface area contributed by atoms with E-state index in [1.54, 1.807) is 6.92 Å². The lowest BCUT2D eigenvalue weighted by Gasteiger charge is -2.25. The number of carbonyl (C=O) groups excluding carboxylic acids is 1. The second kappa shape index (κ2) is 6.26. The maximum atomic E-state index is 11.1. The molecule has 1 aliphatic carbocycles. The van der Waals surface area contributed by atoms with Gasteiger partial charge in [-0.2, -0.15) is 0 Å². The Morgan fingerprint density at radius 2 is 2.07 bits per heavy atom. The Bertz CT molecular complexity index is 199. The molecule has 0 aromatic rings. The van der Waals surface area contributed by atoms with Crippen LogP contribution in [0.5, 0.6) is 0 Å². The zero-order valence-corrected chi connectivity index (χ0v) is 10.2. The van der Waals surface area contributed by atoms with Crippen molar-refractivity contribution in [2.75, 3.05) is 0 Å². The Hall–Kier alpha value is -0.370. The average molecular weight is 211 g/mol. The van der Waals surface area contributed by atoms with Gasteiger partial charge in [0, 0.05) is 0 Å². The molecule has 2 nitrogen and oxygen atoms in total. The van der Waals surface area contributed by atoms with E-state index in [1.165, 1.54) is 38.5 Å². The molecule has 0 bridgehead atoms. The Morgan fingerprint density at radius 3 is 2.53 bits per heavy atom. The molecule has 15 heavy (non-hydrogen) atoms. The standard InChI is InChI=1S/C13H25NO/c1-10(13(14)11(2)15)6-3-4-7-12-8-5-9-12/h10,12-13H,3-9,14H2,1-2H3/t10-,13+/m0/s1. The molecule has 2 heteroatoms. The number of Topliss-reactive ketones (excluding diaryl/α,β-unsaturated/α-hetero) is 1. The number of hydrogen-bond acceptors (Lipinski definition) is 2. The van der Waals surface area contributed by atoms with Crippen LogP contribution >= 0.6 is 0 Å². The van der Waals surface area contributed by atoms with Crippen LogP contribution in [0.25, 0.3) is 0 Å². The molecular weight excluding hydrogens is 186 g/mol. The van der Waals surface area contributed by atoms with Gasteiger partial charge < -0.3 is 5.73 Å². The summed E-state index contributed by atoms with van der Waals surface area (Å²) in [5.74, 6) is 1.49. The lowest BCUT2D eigenvalue weighted by atomic mass is 9.81. The van der Waals surface area contributed by atoms with Gasteiger partial charge in [0.1, 0.15) is 5.78 Å². The lowest BCUT2D eigenvalue weighted by Crippen LogP contribution is -2.35. The summed E-state index contributed by atoms with van der Waals surface area (Å²) in [5, 5.41) is 0. The number of nitrogens with two attached hydrogens (primary N) is 1. The number of ketones is 1. The summed E-state index contributed by atoms with van der Waals surface area (Å²) in [5.41, 5.74) is 5.79. The van der Waals surface area contributed by atoms with Crippen molar-refractivity contribution in [3.63, 3.8) is 0 Å². The quantitative estimate of drug-likeness (QED) is 0.658. The van der Waals surface area contributed by atoms with Crippen LogP contribution in [0.15, 0.2) is 0 Å². The van der Waals surface area contributed by atoms with Gasteiger partial charge in [-0.05, 0) is 25.2 Å². The first-order valence-corrected chi connectivity index (χ1v) is 6.37. The molecule has 0 radical (unpaired) electrons. The second-order valence-corrected chi connectivity index (χ2v) is 5.20. The van der Waals surface area contributed by atoms with Gasteiger partial charge in [0.25, 0.3) is 0 Å². The monoisotopic (exact) mass is 211 g/mol. The van der Waals surface area contributed by atoms with Gasteiger partial charge in [-0.1, -0.05) is 45.4 Å². The highest BCUT2D eigenvalue weighted by Crippen LogP contribution is 2.31. The fourth-order valence-corrected chi connectivity index (χ4v) is 2.26. The normalized spacial score (nSPS) is 20.7. The second-order valence-electron chi connectivity index (χ2n) is 5.20. The minimum Gasteiger partial charge on any atom is -0.321 e. The smallest absolute Gasteiger partial charge is 0.146 e. The van der Waals surface area contributed by atoms with Gasteiger partial charge in [0.15, 0.2) is 0 Å². The lowest BCUT2D eigenvalue weighted by molar-refractivity contribution is -0.119. The van der Waals surface area contributed by atoms with Crippen molar-refractivity contribution in [3.8, 4) is 0 Å². The molecule has 1 saturated carbocycles. The van der Waals surface area contributed by atoms with Crippen molar-refractivity contribution in [3.05, 3.63) is 0 Å². The van der Waals surface area contributed by atoms with E-state index >= 15 is 0 Å². The van der Waals surface area contributed by atoms with Crippen LogP contribution in [0.1, 0.15) is 58.8 Å². The van der Waals surface area contributed by atoms with Crippen molar-refractivity contribution in [2.45, 2.75) is 64.8 Å². The zero-order valence-electron chi connectivity index (χ0n) is 10.2. The summed E-state index contributed by atoms with van der Waals surface area (Å²) in [4.78, 5) is 11.1. The highest BCUT2D eigenvalue weighted by Gasteiger charge is 2.18. The first-order valence-electron chi connectivity index (χ1n) is 6.37.